The molecule has 3 heteroatoms. The van der Waals surface area contributed by atoms with Gasteiger partial charge in [0, 0.05) is 11.6 Å². The zero-order chi connectivity index (χ0) is 12.8. The van der Waals surface area contributed by atoms with Crippen LogP contribution in [-0.2, 0) is 4.74 Å². The number of benzene rings is 1. The van der Waals surface area contributed by atoms with Gasteiger partial charge in [-0.1, -0.05) is 30.2 Å². The third-order valence-corrected chi connectivity index (χ3v) is 3.94. The smallest absolute Gasteiger partial charge is 0.0576 e. The van der Waals surface area contributed by atoms with Crippen molar-refractivity contribution in [2.75, 3.05) is 13.2 Å². The van der Waals surface area contributed by atoms with Gasteiger partial charge in [-0.25, -0.2) is 0 Å². The lowest BCUT2D eigenvalue weighted by molar-refractivity contribution is 0.101. The molecule has 1 aromatic rings. The summed E-state index contributed by atoms with van der Waals surface area (Å²) in [6.07, 6.45) is 6.40. The zero-order valence-corrected chi connectivity index (χ0v) is 11.5. The van der Waals surface area contributed by atoms with E-state index in [0.717, 1.165) is 24.5 Å². The molecule has 1 heterocycles. The normalized spacial score (nSPS) is 21.1. The largest absolute Gasteiger partial charge is 0.378 e. The molecule has 0 spiro atoms. The van der Waals surface area contributed by atoms with Gasteiger partial charge in [0.1, 0.15) is 0 Å². The van der Waals surface area contributed by atoms with Crippen LogP contribution in [0.15, 0.2) is 24.3 Å². The molecule has 2 nitrogen and oxygen atoms in total. The summed E-state index contributed by atoms with van der Waals surface area (Å²) in [6, 6.07) is 8.06. The Morgan fingerprint density at radius 3 is 3.00 bits per heavy atom. The monoisotopic (exact) mass is 267 g/mol. The lowest BCUT2D eigenvalue weighted by Crippen LogP contribution is -2.13. The number of nitrogens with two attached hydrogens (primary N) is 1. The zero-order valence-electron chi connectivity index (χ0n) is 10.8. The first-order valence-corrected chi connectivity index (χ1v) is 7.24. The van der Waals surface area contributed by atoms with Crippen LogP contribution >= 0.6 is 11.6 Å². The maximum atomic E-state index is 6.02. The van der Waals surface area contributed by atoms with Gasteiger partial charge >= 0.3 is 0 Å². The average molecular weight is 268 g/mol. The highest BCUT2D eigenvalue weighted by Gasteiger charge is 2.16. The molecule has 2 rings (SSSR count). The van der Waals surface area contributed by atoms with Crippen LogP contribution in [0.4, 0.5) is 0 Å². The van der Waals surface area contributed by atoms with E-state index in [-0.39, 0.29) is 0 Å². The molecule has 2 atom stereocenters. The first-order valence-electron chi connectivity index (χ1n) is 6.86. The minimum absolute atomic E-state index is 0.421. The van der Waals surface area contributed by atoms with Crippen LogP contribution < -0.4 is 5.73 Å². The molecule has 0 radical (unpaired) electrons. The molecular weight excluding hydrogens is 246 g/mol. The van der Waals surface area contributed by atoms with Crippen LogP contribution in [0.3, 0.4) is 0 Å². The van der Waals surface area contributed by atoms with Gasteiger partial charge in [-0.3, -0.25) is 0 Å². The summed E-state index contributed by atoms with van der Waals surface area (Å²) < 4.78 is 5.64. The van der Waals surface area contributed by atoms with Crippen LogP contribution in [-0.4, -0.2) is 19.3 Å². The SMILES string of the molecule is NCC(CCCC1CCCO1)c1cccc(Cl)c1. The van der Waals surface area contributed by atoms with Crippen molar-refractivity contribution in [2.24, 2.45) is 5.73 Å². The maximum absolute atomic E-state index is 6.02. The molecule has 2 N–H and O–H groups in total. The van der Waals surface area contributed by atoms with Crippen LogP contribution in [0.1, 0.15) is 43.6 Å². The Morgan fingerprint density at radius 1 is 1.44 bits per heavy atom. The molecule has 1 aromatic carbocycles. The quantitative estimate of drug-likeness (QED) is 0.852. The second-order valence-corrected chi connectivity index (χ2v) is 5.49. The Bertz CT molecular complexity index is 363. The first kappa shape index (κ1) is 13.9. The highest BCUT2D eigenvalue weighted by Crippen LogP contribution is 2.25. The molecule has 1 aliphatic heterocycles. The molecular formula is C15H22ClNO. The third kappa shape index (κ3) is 3.98. The lowest BCUT2D eigenvalue weighted by Gasteiger charge is -2.16. The number of halogens is 1. The van der Waals surface area contributed by atoms with Gasteiger partial charge in [0.05, 0.1) is 6.10 Å². The van der Waals surface area contributed by atoms with E-state index in [9.17, 15) is 0 Å². The van der Waals surface area contributed by atoms with E-state index in [2.05, 4.69) is 6.07 Å². The third-order valence-electron chi connectivity index (χ3n) is 3.71. The fraction of sp³-hybridized carbons (Fsp3) is 0.600. The minimum Gasteiger partial charge on any atom is -0.378 e. The second-order valence-electron chi connectivity index (χ2n) is 5.05. The molecule has 0 aromatic heterocycles. The van der Waals surface area contributed by atoms with Gasteiger partial charge in [0.15, 0.2) is 0 Å². The minimum atomic E-state index is 0.421. The van der Waals surface area contributed by atoms with Crippen LogP contribution in [0, 0.1) is 0 Å². The Kier molecular flexibility index (Phi) is 5.48. The average Bonchev–Trinajstić information content (AvgIpc) is 2.88. The molecule has 1 fully saturated rings. The van der Waals surface area contributed by atoms with Crippen molar-refractivity contribution in [2.45, 2.75) is 44.1 Å². The topological polar surface area (TPSA) is 35.2 Å². The summed E-state index contributed by atoms with van der Waals surface area (Å²) in [4.78, 5) is 0. The summed E-state index contributed by atoms with van der Waals surface area (Å²) in [5, 5.41) is 0.796. The summed E-state index contributed by atoms with van der Waals surface area (Å²) in [6.45, 7) is 1.63. The summed E-state index contributed by atoms with van der Waals surface area (Å²) in [7, 11) is 0. The molecule has 0 bridgehead atoms. The van der Waals surface area contributed by atoms with Crippen molar-refractivity contribution >= 4 is 11.6 Å². The van der Waals surface area contributed by atoms with E-state index in [4.69, 9.17) is 22.1 Å². The van der Waals surface area contributed by atoms with Gasteiger partial charge in [0.2, 0.25) is 0 Å². The molecule has 0 amide bonds. The predicted octanol–water partition coefficient (Wildman–Crippen LogP) is 3.73. The standard InChI is InChI=1S/C15H22ClNO/c16-14-6-1-4-12(10-14)13(11-17)5-2-7-15-8-3-9-18-15/h1,4,6,10,13,15H,2-3,5,7-9,11,17H2. The van der Waals surface area contributed by atoms with E-state index in [1.807, 2.05) is 18.2 Å². The lowest BCUT2D eigenvalue weighted by atomic mass is 9.93. The number of ether oxygens (including phenoxy) is 1. The van der Waals surface area contributed by atoms with Gasteiger partial charge in [-0.15, -0.1) is 0 Å². The second kappa shape index (κ2) is 7.13. The fourth-order valence-electron chi connectivity index (χ4n) is 2.65. The van der Waals surface area contributed by atoms with Gasteiger partial charge in [0.25, 0.3) is 0 Å². The number of hydrogen-bond acceptors (Lipinski definition) is 2. The van der Waals surface area contributed by atoms with Crippen molar-refractivity contribution < 1.29 is 4.74 Å². The summed E-state index contributed by atoms with van der Waals surface area (Å²) >= 11 is 6.02. The highest BCUT2D eigenvalue weighted by molar-refractivity contribution is 6.30. The van der Waals surface area contributed by atoms with Crippen molar-refractivity contribution in [3.63, 3.8) is 0 Å². The van der Waals surface area contributed by atoms with E-state index < -0.39 is 0 Å². The van der Waals surface area contributed by atoms with Crippen LogP contribution in [0.2, 0.25) is 5.02 Å². The van der Waals surface area contributed by atoms with Gasteiger partial charge < -0.3 is 10.5 Å². The van der Waals surface area contributed by atoms with E-state index in [0.29, 0.717) is 18.6 Å². The van der Waals surface area contributed by atoms with E-state index in [1.165, 1.54) is 24.8 Å². The number of rotatable bonds is 6. The van der Waals surface area contributed by atoms with Crippen molar-refractivity contribution in [3.8, 4) is 0 Å². The van der Waals surface area contributed by atoms with E-state index in [1.54, 1.807) is 0 Å². The molecule has 18 heavy (non-hydrogen) atoms. The van der Waals surface area contributed by atoms with Crippen LogP contribution in [0.5, 0.6) is 0 Å². The Labute approximate surface area is 114 Å². The van der Waals surface area contributed by atoms with E-state index >= 15 is 0 Å². The maximum Gasteiger partial charge on any atom is 0.0576 e. The molecule has 1 saturated heterocycles. The predicted molar refractivity (Wildman–Crippen MR) is 76.1 cm³/mol. The van der Waals surface area contributed by atoms with Crippen molar-refractivity contribution in [3.05, 3.63) is 34.9 Å². The Balaban J connectivity index is 1.81. The number of hydrogen-bond donors (Lipinski definition) is 1. The van der Waals surface area contributed by atoms with Crippen LogP contribution in [0.25, 0.3) is 0 Å². The molecule has 100 valence electrons. The fourth-order valence-corrected chi connectivity index (χ4v) is 2.84. The molecule has 1 aliphatic rings. The molecule has 2 unspecified atom stereocenters. The Morgan fingerprint density at radius 2 is 2.33 bits per heavy atom. The first-order chi connectivity index (χ1) is 8.79. The molecule has 0 saturated carbocycles. The Hall–Kier alpha value is -0.570. The summed E-state index contributed by atoms with van der Waals surface area (Å²) in [5.74, 6) is 0.421. The van der Waals surface area contributed by atoms with Gasteiger partial charge in [-0.2, -0.15) is 0 Å². The summed E-state index contributed by atoms with van der Waals surface area (Å²) in [5.41, 5.74) is 7.14. The molecule has 0 aliphatic carbocycles. The highest BCUT2D eigenvalue weighted by atomic mass is 35.5. The van der Waals surface area contributed by atoms with Gasteiger partial charge in [-0.05, 0) is 55.8 Å². The van der Waals surface area contributed by atoms with Crippen molar-refractivity contribution in [1.82, 2.24) is 0 Å². The van der Waals surface area contributed by atoms with Crippen molar-refractivity contribution in [1.29, 1.82) is 0 Å².